The van der Waals surface area contributed by atoms with Crippen LogP contribution in [-0.4, -0.2) is 34.7 Å². The molecule has 6 heteroatoms. The lowest BCUT2D eigenvalue weighted by molar-refractivity contribution is -0.122. The first-order chi connectivity index (χ1) is 18.8. The van der Waals surface area contributed by atoms with Crippen LogP contribution < -0.4 is 0 Å². The molecule has 38 heavy (non-hydrogen) atoms. The van der Waals surface area contributed by atoms with E-state index in [9.17, 15) is 28.8 Å². The maximum Gasteiger partial charge on any atom is 0.132 e. The van der Waals surface area contributed by atoms with E-state index >= 15 is 0 Å². The molecule has 0 aliphatic heterocycles. The predicted octanol–water partition coefficient (Wildman–Crippen LogP) is 7.80. The van der Waals surface area contributed by atoms with Crippen molar-refractivity contribution >= 4 is 34.7 Å². The second kappa shape index (κ2) is 25.3. The highest BCUT2D eigenvalue weighted by molar-refractivity contribution is 5.83. The first-order valence-corrected chi connectivity index (χ1v) is 15.2. The van der Waals surface area contributed by atoms with Crippen LogP contribution in [0.4, 0.5) is 0 Å². The maximum atomic E-state index is 12.1. The molecule has 6 nitrogen and oxygen atoms in total. The first-order valence-electron chi connectivity index (χ1n) is 15.9. The molecular formula is C32H54O6. The van der Waals surface area contributed by atoms with Gasteiger partial charge < -0.3 is 0 Å². The molecule has 0 aromatic rings. The van der Waals surface area contributed by atoms with E-state index < -0.39 is 0 Å². The third-order valence-electron chi connectivity index (χ3n) is 6.82. The molecule has 0 aliphatic rings. The molecule has 0 rings (SSSR count). The van der Waals surface area contributed by atoms with Crippen molar-refractivity contribution in [3.05, 3.63) is 0 Å². The summed E-state index contributed by atoms with van der Waals surface area (Å²) in [6.07, 6.45) is 14.6. The van der Waals surface area contributed by atoms with Crippen LogP contribution in [0.1, 0.15) is 169 Å². The second-order valence-corrected chi connectivity index (χ2v) is 10.6. The number of rotatable bonds is 29. The van der Waals surface area contributed by atoms with E-state index in [1.54, 1.807) is 0 Å². The fourth-order valence-corrected chi connectivity index (χ4v) is 4.38. The Morgan fingerprint density at radius 1 is 0.342 bits per heavy atom. The second-order valence-electron chi connectivity index (χ2n) is 10.6. The van der Waals surface area contributed by atoms with Gasteiger partial charge in [-0.1, -0.05) is 33.1 Å². The van der Waals surface area contributed by atoms with Gasteiger partial charge in [0.15, 0.2) is 0 Å². The van der Waals surface area contributed by atoms with E-state index in [0.29, 0.717) is 129 Å². The molecule has 218 valence electrons. The predicted molar refractivity (Wildman–Crippen MR) is 152 cm³/mol. The number of Topliss-reactive ketones (excluding diaryl/α,β-unsaturated/α-hetero) is 6. The lowest BCUT2D eigenvalue weighted by atomic mass is 10.0. The molecule has 0 amide bonds. The van der Waals surface area contributed by atoms with Crippen molar-refractivity contribution in [1.29, 1.82) is 0 Å². The van der Waals surface area contributed by atoms with Crippen LogP contribution in [0.25, 0.3) is 0 Å². The molecule has 0 N–H and O–H groups in total. The van der Waals surface area contributed by atoms with Crippen molar-refractivity contribution in [2.45, 2.75) is 168 Å². The standard InChI is InChI=1S/C32H54O6/c1-3-5-7-16-28(34)22-13-24-30(36)18-10-11-20-32(38)26-14-25-31(37)19-9-8-17-29(35)23-12-21-27(33)15-6-4-2/h3-26H2,1-2H3/i2D. The minimum Gasteiger partial charge on any atom is -0.300 e. The van der Waals surface area contributed by atoms with Gasteiger partial charge in [0.2, 0.25) is 0 Å². The van der Waals surface area contributed by atoms with Gasteiger partial charge in [0, 0.05) is 78.4 Å². The highest BCUT2D eigenvalue weighted by Gasteiger charge is 2.10. The SMILES string of the molecule is [2H]CCCCC(=O)CCCC(=O)CCCCC(=O)CCCC(=O)CCCCC(=O)CCCC(=O)CCCCC. The fraction of sp³-hybridized carbons (Fsp3) is 0.812. The van der Waals surface area contributed by atoms with Crippen molar-refractivity contribution in [3.8, 4) is 0 Å². The van der Waals surface area contributed by atoms with Crippen molar-refractivity contribution in [2.75, 3.05) is 0 Å². The molecule has 0 bridgehead atoms. The summed E-state index contributed by atoms with van der Waals surface area (Å²) >= 11 is 0. The molecule has 0 unspecified atom stereocenters. The third-order valence-corrected chi connectivity index (χ3v) is 6.82. The molecule has 0 saturated carbocycles. The number of carbonyl (C=O) groups excluding carboxylic acids is 6. The Balaban J connectivity index is 3.63. The average Bonchev–Trinajstić information content (AvgIpc) is 2.89. The average molecular weight is 536 g/mol. The quantitative estimate of drug-likeness (QED) is 0.0905. The Morgan fingerprint density at radius 2 is 0.579 bits per heavy atom. The lowest BCUT2D eigenvalue weighted by Crippen LogP contribution is -2.04. The largest absolute Gasteiger partial charge is 0.300 e. The van der Waals surface area contributed by atoms with E-state index in [4.69, 9.17) is 1.37 Å². The maximum absolute atomic E-state index is 12.1. The van der Waals surface area contributed by atoms with E-state index in [0.717, 1.165) is 32.1 Å². The van der Waals surface area contributed by atoms with Crippen LogP contribution in [0.15, 0.2) is 0 Å². The molecule has 0 aromatic heterocycles. The molecule has 0 aliphatic carbocycles. The molecule has 0 aromatic carbocycles. The van der Waals surface area contributed by atoms with Gasteiger partial charge in [0.05, 0.1) is 0 Å². The van der Waals surface area contributed by atoms with Crippen molar-refractivity contribution < 1.29 is 30.1 Å². The van der Waals surface area contributed by atoms with Gasteiger partial charge in [-0.3, -0.25) is 28.8 Å². The fourth-order valence-electron chi connectivity index (χ4n) is 4.38. The highest BCUT2D eigenvalue weighted by atomic mass is 16.1. The molecule has 0 atom stereocenters. The Kier molecular flexibility index (Phi) is 22.7. The number of carbonyl (C=O) groups is 6. The minimum atomic E-state index is 0.128. The Morgan fingerprint density at radius 3 is 0.842 bits per heavy atom. The number of hydrogen-bond donors (Lipinski definition) is 0. The zero-order chi connectivity index (χ0) is 29.1. The Labute approximate surface area is 232 Å². The molecule has 0 spiro atoms. The van der Waals surface area contributed by atoms with Gasteiger partial charge in [-0.2, -0.15) is 0 Å². The van der Waals surface area contributed by atoms with Gasteiger partial charge in [-0.25, -0.2) is 0 Å². The van der Waals surface area contributed by atoms with E-state index in [2.05, 4.69) is 6.92 Å². The van der Waals surface area contributed by atoms with Crippen LogP contribution >= 0.6 is 0 Å². The van der Waals surface area contributed by atoms with Gasteiger partial charge in [0.25, 0.3) is 0 Å². The Bertz CT molecular complexity index is 670. The summed E-state index contributed by atoms with van der Waals surface area (Å²) in [6, 6.07) is 0. The number of hydrogen-bond acceptors (Lipinski definition) is 6. The summed E-state index contributed by atoms with van der Waals surface area (Å²) in [4.78, 5) is 71.4. The van der Waals surface area contributed by atoms with E-state index in [1.807, 2.05) is 0 Å². The van der Waals surface area contributed by atoms with Crippen LogP contribution in [0.5, 0.6) is 0 Å². The summed E-state index contributed by atoms with van der Waals surface area (Å²) in [7, 11) is 0. The highest BCUT2D eigenvalue weighted by Crippen LogP contribution is 2.12. The minimum absolute atomic E-state index is 0.128. The van der Waals surface area contributed by atoms with Crippen LogP contribution in [0.3, 0.4) is 0 Å². The van der Waals surface area contributed by atoms with Gasteiger partial charge in [0.1, 0.15) is 34.7 Å². The summed E-state index contributed by atoms with van der Waals surface area (Å²) in [5.74, 6) is 0.987. The topological polar surface area (TPSA) is 102 Å². The number of ketones is 6. The van der Waals surface area contributed by atoms with Gasteiger partial charge in [-0.05, 0) is 57.8 Å². The monoisotopic (exact) mass is 535 g/mol. The van der Waals surface area contributed by atoms with Crippen molar-refractivity contribution in [2.24, 2.45) is 0 Å². The first kappa shape index (κ1) is 34.0. The summed E-state index contributed by atoms with van der Waals surface area (Å²) in [5.41, 5.74) is 0. The zero-order valence-corrected chi connectivity index (χ0v) is 24.1. The zero-order valence-electron chi connectivity index (χ0n) is 25.1. The van der Waals surface area contributed by atoms with E-state index in [1.165, 1.54) is 0 Å². The summed E-state index contributed by atoms with van der Waals surface area (Å²) < 4.78 is 7.07. The number of unbranched alkanes of at least 4 members (excludes halogenated alkanes) is 5. The van der Waals surface area contributed by atoms with Gasteiger partial charge in [-0.15, -0.1) is 0 Å². The third kappa shape index (κ3) is 24.4. The lowest BCUT2D eigenvalue weighted by Gasteiger charge is -2.04. The summed E-state index contributed by atoms with van der Waals surface area (Å²) in [5, 5.41) is 0. The smallest absolute Gasteiger partial charge is 0.132 e. The molecule has 0 heterocycles. The molecule has 0 radical (unpaired) electrons. The normalized spacial score (nSPS) is 11.2. The van der Waals surface area contributed by atoms with Crippen LogP contribution in [0, 0.1) is 0 Å². The molecule has 0 saturated heterocycles. The molecule has 0 fully saturated rings. The van der Waals surface area contributed by atoms with E-state index in [-0.39, 0.29) is 34.7 Å². The van der Waals surface area contributed by atoms with Gasteiger partial charge >= 0.3 is 0 Å². The van der Waals surface area contributed by atoms with Crippen molar-refractivity contribution in [3.63, 3.8) is 0 Å². The Hall–Kier alpha value is -1.98. The summed E-state index contributed by atoms with van der Waals surface area (Å²) in [6.45, 7) is 2.46. The molecular weight excluding hydrogens is 480 g/mol. The van der Waals surface area contributed by atoms with Crippen LogP contribution in [-0.2, 0) is 28.8 Å². The van der Waals surface area contributed by atoms with Crippen molar-refractivity contribution in [1.82, 2.24) is 0 Å². The van der Waals surface area contributed by atoms with Crippen LogP contribution in [0.2, 0.25) is 0 Å².